The molecule has 0 fully saturated rings. The Bertz CT molecular complexity index is 613. The predicted molar refractivity (Wildman–Crippen MR) is 78.1 cm³/mol. The Morgan fingerprint density at radius 3 is 2.60 bits per heavy atom. The van der Waals surface area contributed by atoms with Gasteiger partial charge in [0, 0.05) is 10.6 Å². The zero-order chi connectivity index (χ0) is 14.7. The molecule has 1 unspecified atom stereocenters. The molecule has 2 rings (SSSR count). The zero-order valence-corrected chi connectivity index (χ0v) is 12.1. The van der Waals surface area contributed by atoms with Gasteiger partial charge in [0.15, 0.2) is 11.6 Å². The van der Waals surface area contributed by atoms with Gasteiger partial charge < -0.3 is 5.32 Å². The summed E-state index contributed by atoms with van der Waals surface area (Å²) in [4.78, 5) is 0. The molecule has 0 saturated carbocycles. The molecule has 20 heavy (non-hydrogen) atoms. The summed E-state index contributed by atoms with van der Waals surface area (Å²) in [5.74, 6) is -1.67. The van der Waals surface area contributed by atoms with Crippen molar-refractivity contribution in [2.75, 3.05) is 6.54 Å². The highest BCUT2D eigenvalue weighted by molar-refractivity contribution is 6.31. The average Bonchev–Trinajstić information content (AvgIpc) is 2.43. The first-order chi connectivity index (χ1) is 9.54. The van der Waals surface area contributed by atoms with E-state index in [1.54, 1.807) is 12.1 Å². The summed E-state index contributed by atoms with van der Waals surface area (Å²) in [6, 6.07) is 9.32. The van der Waals surface area contributed by atoms with Crippen LogP contribution in [0.25, 0.3) is 0 Å². The first-order valence-corrected chi connectivity index (χ1v) is 6.85. The molecule has 1 atom stereocenters. The highest BCUT2D eigenvalue weighted by Crippen LogP contribution is 2.28. The van der Waals surface area contributed by atoms with Gasteiger partial charge in [-0.2, -0.15) is 0 Å². The molecule has 0 aromatic heterocycles. The maximum atomic E-state index is 14.0. The van der Waals surface area contributed by atoms with Crippen molar-refractivity contribution in [3.8, 4) is 0 Å². The lowest BCUT2D eigenvalue weighted by Gasteiger charge is -2.20. The van der Waals surface area contributed by atoms with Crippen molar-refractivity contribution in [3.63, 3.8) is 0 Å². The van der Waals surface area contributed by atoms with Crippen LogP contribution in [0.15, 0.2) is 36.4 Å². The van der Waals surface area contributed by atoms with Crippen LogP contribution in [0.3, 0.4) is 0 Å². The van der Waals surface area contributed by atoms with E-state index in [9.17, 15) is 8.78 Å². The largest absolute Gasteiger partial charge is 0.306 e. The molecule has 2 aromatic carbocycles. The molecule has 1 N–H and O–H groups in total. The molecule has 106 valence electrons. The molecule has 0 aliphatic carbocycles. The first-order valence-electron chi connectivity index (χ1n) is 6.48. The monoisotopic (exact) mass is 295 g/mol. The standard InChI is InChI=1S/C16H16ClF2N/c1-3-20-16(11-8-7-10(2)13(17)9-11)12-5-4-6-14(18)15(12)19/h4-9,16,20H,3H2,1-2H3. The minimum absolute atomic E-state index is 0.284. The van der Waals surface area contributed by atoms with E-state index in [0.717, 1.165) is 17.2 Å². The lowest BCUT2D eigenvalue weighted by atomic mass is 9.97. The Hall–Kier alpha value is -1.45. The Morgan fingerprint density at radius 2 is 1.95 bits per heavy atom. The Labute approximate surface area is 122 Å². The lowest BCUT2D eigenvalue weighted by molar-refractivity contribution is 0.483. The molecule has 0 radical (unpaired) electrons. The van der Waals surface area contributed by atoms with Gasteiger partial charge in [0.25, 0.3) is 0 Å². The topological polar surface area (TPSA) is 12.0 Å². The molecule has 0 aliphatic rings. The van der Waals surface area contributed by atoms with Crippen LogP contribution < -0.4 is 5.32 Å². The zero-order valence-electron chi connectivity index (χ0n) is 11.4. The summed E-state index contributed by atoms with van der Waals surface area (Å²) in [5.41, 5.74) is 2.05. The number of hydrogen-bond donors (Lipinski definition) is 1. The van der Waals surface area contributed by atoms with Crippen LogP contribution in [0.5, 0.6) is 0 Å². The van der Waals surface area contributed by atoms with Crippen molar-refractivity contribution in [1.82, 2.24) is 5.32 Å². The van der Waals surface area contributed by atoms with E-state index in [4.69, 9.17) is 11.6 Å². The second-order valence-corrected chi connectivity index (χ2v) is 5.05. The van der Waals surface area contributed by atoms with Crippen LogP contribution in [-0.4, -0.2) is 6.54 Å². The van der Waals surface area contributed by atoms with E-state index in [1.807, 2.05) is 26.0 Å². The summed E-state index contributed by atoms with van der Waals surface area (Å²) in [5, 5.41) is 3.78. The minimum atomic E-state index is -0.844. The van der Waals surface area contributed by atoms with Gasteiger partial charge in [0.2, 0.25) is 0 Å². The van der Waals surface area contributed by atoms with Crippen molar-refractivity contribution in [2.24, 2.45) is 0 Å². The van der Waals surface area contributed by atoms with E-state index in [1.165, 1.54) is 6.07 Å². The predicted octanol–water partition coefficient (Wildman–Crippen LogP) is 4.63. The van der Waals surface area contributed by atoms with Gasteiger partial charge >= 0.3 is 0 Å². The Kier molecular flexibility index (Phi) is 4.73. The molecule has 2 aromatic rings. The van der Waals surface area contributed by atoms with Crippen molar-refractivity contribution >= 4 is 11.6 Å². The van der Waals surface area contributed by atoms with Crippen LogP contribution in [0, 0.1) is 18.6 Å². The third kappa shape index (κ3) is 3.00. The van der Waals surface area contributed by atoms with Crippen molar-refractivity contribution in [1.29, 1.82) is 0 Å². The van der Waals surface area contributed by atoms with Crippen molar-refractivity contribution in [2.45, 2.75) is 19.9 Å². The van der Waals surface area contributed by atoms with Gasteiger partial charge in [0.1, 0.15) is 0 Å². The van der Waals surface area contributed by atoms with Crippen LogP contribution in [0.1, 0.15) is 29.7 Å². The Morgan fingerprint density at radius 1 is 1.20 bits per heavy atom. The highest BCUT2D eigenvalue weighted by Gasteiger charge is 2.19. The van der Waals surface area contributed by atoms with Crippen molar-refractivity contribution < 1.29 is 8.78 Å². The molecule has 4 heteroatoms. The Balaban J connectivity index is 2.50. The highest BCUT2D eigenvalue weighted by atomic mass is 35.5. The third-order valence-corrected chi connectivity index (χ3v) is 3.64. The third-order valence-electron chi connectivity index (χ3n) is 3.23. The summed E-state index contributed by atoms with van der Waals surface area (Å²) < 4.78 is 27.4. The summed E-state index contributed by atoms with van der Waals surface area (Å²) in [6.07, 6.45) is 0. The smallest absolute Gasteiger partial charge is 0.163 e. The number of halogens is 3. The van der Waals surface area contributed by atoms with Gasteiger partial charge in [0.05, 0.1) is 6.04 Å². The number of hydrogen-bond acceptors (Lipinski definition) is 1. The molecule has 0 bridgehead atoms. The van der Waals surface area contributed by atoms with E-state index in [2.05, 4.69) is 5.32 Å². The van der Waals surface area contributed by atoms with Crippen LogP contribution in [0.2, 0.25) is 5.02 Å². The molecule has 0 spiro atoms. The number of aryl methyl sites for hydroxylation is 1. The second kappa shape index (κ2) is 6.33. The fraction of sp³-hybridized carbons (Fsp3) is 0.250. The van der Waals surface area contributed by atoms with Gasteiger partial charge in [-0.1, -0.05) is 42.8 Å². The molecule has 0 heterocycles. The average molecular weight is 296 g/mol. The minimum Gasteiger partial charge on any atom is -0.306 e. The van der Waals surface area contributed by atoms with Gasteiger partial charge in [-0.25, -0.2) is 8.78 Å². The molecule has 0 aliphatic heterocycles. The lowest BCUT2D eigenvalue weighted by Crippen LogP contribution is -2.23. The molecular weight excluding hydrogens is 280 g/mol. The molecule has 0 amide bonds. The van der Waals surface area contributed by atoms with E-state index < -0.39 is 17.7 Å². The van der Waals surface area contributed by atoms with Crippen LogP contribution in [0.4, 0.5) is 8.78 Å². The SMILES string of the molecule is CCNC(c1ccc(C)c(Cl)c1)c1cccc(F)c1F. The fourth-order valence-corrected chi connectivity index (χ4v) is 2.33. The maximum absolute atomic E-state index is 14.0. The summed E-state index contributed by atoms with van der Waals surface area (Å²) in [6.45, 7) is 4.45. The summed E-state index contributed by atoms with van der Waals surface area (Å²) in [7, 11) is 0. The van der Waals surface area contributed by atoms with Crippen molar-refractivity contribution in [3.05, 3.63) is 69.7 Å². The number of rotatable bonds is 4. The van der Waals surface area contributed by atoms with Gasteiger partial charge in [-0.3, -0.25) is 0 Å². The number of nitrogens with one attached hydrogen (secondary N) is 1. The normalized spacial score (nSPS) is 12.4. The maximum Gasteiger partial charge on any atom is 0.163 e. The van der Waals surface area contributed by atoms with E-state index in [-0.39, 0.29) is 5.56 Å². The van der Waals surface area contributed by atoms with E-state index >= 15 is 0 Å². The fourth-order valence-electron chi connectivity index (χ4n) is 2.14. The second-order valence-electron chi connectivity index (χ2n) is 4.64. The molecular formula is C16H16ClF2N. The molecule has 1 nitrogen and oxygen atoms in total. The van der Waals surface area contributed by atoms with Crippen LogP contribution in [-0.2, 0) is 0 Å². The van der Waals surface area contributed by atoms with E-state index in [0.29, 0.717) is 11.6 Å². The van der Waals surface area contributed by atoms with Crippen LogP contribution >= 0.6 is 11.6 Å². The van der Waals surface area contributed by atoms with Gasteiger partial charge in [-0.05, 0) is 36.7 Å². The quantitative estimate of drug-likeness (QED) is 0.867. The molecule has 0 saturated heterocycles. The summed E-state index contributed by atoms with van der Waals surface area (Å²) >= 11 is 6.12. The van der Waals surface area contributed by atoms with Gasteiger partial charge in [-0.15, -0.1) is 0 Å². The number of benzene rings is 2. The first kappa shape index (κ1) is 14.9.